The molecule has 0 spiro atoms. The second-order valence-electron chi connectivity index (χ2n) is 8.76. The molecule has 0 unspecified atom stereocenters. The molecule has 2 aromatic carbocycles. The summed E-state index contributed by atoms with van der Waals surface area (Å²) in [5, 5.41) is 11.3. The number of rotatable bonds is 7. The number of likely N-dealkylation sites (N-methyl/N-ethyl adjacent to an activating group) is 1. The number of aliphatic hydroxyl groups is 1. The van der Waals surface area contributed by atoms with Gasteiger partial charge in [0.05, 0.1) is 18.2 Å². The standard InChI is InChI=1S/C26H30N2O5/c1-5-32-20-8-6-7-17(15-20)23-22(25(30)26(31)28(23)12-11-27(3)4)24(29)18-9-10-21-19(14-18)13-16(2)33-21/h6-10,14-16,23,29H,5,11-13H2,1-4H3/b24-22+/t16-,23-/m0/s1. The van der Waals surface area contributed by atoms with Gasteiger partial charge in [0.1, 0.15) is 23.4 Å². The Kier molecular flexibility index (Phi) is 6.42. The largest absolute Gasteiger partial charge is 0.507 e. The highest BCUT2D eigenvalue weighted by molar-refractivity contribution is 6.46. The van der Waals surface area contributed by atoms with Crippen molar-refractivity contribution in [2.75, 3.05) is 33.8 Å². The molecule has 0 aromatic heterocycles. The summed E-state index contributed by atoms with van der Waals surface area (Å²) in [5.41, 5.74) is 2.30. The number of carbonyl (C=O) groups is 2. The maximum Gasteiger partial charge on any atom is 0.295 e. The number of ether oxygens (including phenoxy) is 2. The first-order chi connectivity index (χ1) is 15.8. The lowest BCUT2D eigenvalue weighted by molar-refractivity contribution is -0.140. The third-order valence-corrected chi connectivity index (χ3v) is 5.98. The van der Waals surface area contributed by atoms with Crippen molar-refractivity contribution in [3.8, 4) is 11.5 Å². The van der Waals surface area contributed by atoms with E-state index in [9.17, 15) is 14.7 Å². The predicted octanol–water partition coefficient (Wildman–Crippen LogP) is 3.39. The monoisotopic (exact) mass is 450 g/mol. The summed E-state index contributed by atoms with van der Waals surface area (Å²) < 4.78 is 11.4. The molecule has 2 aromatic rings. The summed E-state index contributed by atoms with van der Waals surface area (Å²) in [5.74, 6) is -0.0234. The molecule has 33 heavy (non-hydrogen) atoms. The molecule has 7 nitrogen and oxygen atoms in total. The van der Waals surface area contributed by atoms with E-state index >= 15 is 0 Å². The zero-order valence-electron chi connectivity index (χ0n) is 19.5. The maximum absolute atomic E-state index is 13.2. The molecule has 0 radical (unpaired) electrons. The van der Waals surface area contributed by atoms with Gasteiger partial charge in [-0.1, -0.05) is 12.1 Å². The third kappa shape index (κ3) is 4.46. The van der Waals surface area contributed by atoms with E-state index < -0.39 is 17.7 Å². The number of ketones is 1. The van der Waals surface area contributed by atoms with Crippen molar-refractivity contribution < 1.29 is 24.2 Å². The van der Waals surface area contributed by atoms with Gasteiger partial charge in [-0.15, -0.1) is 0 Å². The maximum atomic E-state index is 13.2. The topological polar surface area (TPSA) is 79.3 Å². The summed E-state index contributed by atoms with van der Waals surface area (Å²) in [7, 11) is 3.82. The van der Waals surface area contributed by atoms with Gasteiger partial charge in [-0.2, -0.15) is 0 Å². The van der Waals surface area contributed by atoms with E-state index in [0.29, 0.717) is 31.0 Å². The molecular formula is C26H30N2O5. The van der Waals surface area contributed by atoms with Gasteiger partial charge < -0.3 is 24.4 Å². The average Bonchev–Trinajstić information content (AvgIpc) is 3.28. The Balaban J connectivity index is 1.82. The van der Waals surface area contributed by atoms with Crippen molar-refractivity contribution in [3.63, 3.8) is 0 Å². The smallest absolute Gasteiger partial charge is 0.295 e. The molecule has 1 N–H and O–H groups in total. The summed E-state index contributed by atoms with van der Waals surface area (Å²) in [6.07, 6.45) is 0.795. The van der Waals surface area contributed by atoms with Gasteiger partial charge in [-0.3, -0.25) is 9.59 Å². The van der Waals surface area contributed by atoms with Crippen LogP contribution in [0.1, 0.15) is 36.6 Å². The number of hydrogen-bond acceptors (Lipinski definition) is 6. The molecule has 0 bridgehead atoms. The van der Waals surface area contributed by atoms with Crippen molar-refractivity contribution in [1.82, 2.24) is 9.80 Å². The first-order valence-electron chi connectivity index (χ1n) is 11.3. The SMILES string of the molecule is CCOc1cccc([C@H]2/C(=C(\O)c3ccc4c(c3)C[C@H](C)O4)C(=O)C(=O)N2CCN(C)C)c1. The van der Waals surface area contributed by atoms with E-state index in [2.05, 4.69) is 0 Å². The van der Waals surface area contributed by atoms with Crippen LogP contribution in [0.4, 0.5) is 0 Å². The van der Waals surface area contributed by atoms with Gasteiger partial charge in [-0.05, 0) is 69.4 Å². The fraction of sp³-hybridized carbons (Fsp3) is 0.385. The summed E-state index contributed by atoms with van der Waals surface area (Å²) in [6, 6.07) is 12.0. The quantitative estimate of drug-likeness (QED) is 0.396. The van der Waals surface area contributed by atoms with Crippen LogP contribution in [0.5, 0.6) is 11.5 Å². The van der Waals surface area contributed by atoms with Crippen LogP contribution in [-0.2, 0) is 16.0 Å². The number of fused-ring (bicyclic) bond motifs is 1. The molecule has 2 aliphatic rings. The lowest BCUT2D eigenvalue weighted by atomic mass is 9.94. The Bertz CT molecular complexity index is 1110. The van der Waals surface area contributed by atoms with Crippen LogP contribution in [0.15, 0.2) is 48.0 Å². The molecule has 7 heteroatoms. The van der Waals surface area contributed by atoms with E-state index in [0.717, 1.165) is 23.3 Å². The number of benzene rings is 2. The molecule has 174 valence electrons. The molecular weight excluding hydrogens is 420 g/mol. The first-order valence-corrected chi connectivity index (χ1v) is 11.3. The summed E-state index contributed by atoms with van der Waals surface area (Å²) >= 11 is 0. The third-order valence-electron chi connectivity index (χ3n) is 5.98. The molecule has 2 aliphatic heterocycles. The van der Waals surface area contributed by atoms with Gasteiger partial charge in [-0.25, -0.2) is 0 Å². The molecule has 0 aliphatic carbocycles. The van der Waals surface area contributed by atoms with Crippen LogP contribution in [0.2, 0.25) is 0 Å². The van der Waals surface area contributed by atoms with E-state index in [4.69, 9.17) is 9.47 Å². The minimum absolute atomic E-state index is 0.0651. The van der Waals surface area contributed by atoms with Crippen molar-refractivity contribution in [2.45, 2.75) is 32.4 Å². The number of hydrogen-bond donors (Lipinski definition) is 1. The second kappa shape index (κ2) is 9.27. The minimum atomic E-state index is -0.700. The Morgan fingerprint density at radius 1 is 1.21 bits per heavy atom. The molecule has 1 amide bonds. The number of amides is 1. The van der Waals surface area contributed by atoms with Gasteiger partial charge in [0.25, 0.3) is 11.7 Å². The van der Waals surface area contributed by atoms with E-state index in [-0.39, 0.29) is 17.4 Å². The van der Waals surface area contributed by atoms with Crippen molar-refractivity contribution in [3.05, 3.63) is 64.7 Å². The van der Waals surface area contributed by atoms with E-state index in [1.54, 1.807) is 12.1 Å². The van der Waals surface area contributed by atoms with Gasteiger partial charge in [0.15, 0.2) is 0 Å². The van der Waals surface area contributed by atoms with Crippen molar-refractivity contribution >= 4 is 17.4 Å². The summed E-state index contributed by atoms with van der Waals surface area (Å²) in [6.45, 7) is 5.32. The zero-order valence-corrected chi connectivity index (χ0v) is 19.5. The highest BCUT2D eigenvalue weighted by Crippen LogP contribution is 2.41. The van der Waals surface area contributed by atoms with Crippen molar-refractivity contribution in [1.29, 1.82) is 0 Å². The predicted molar refractivity (Wildman–Crippen MR) is 125 cm³/mol. The molecule has 1 fully saturated rings. The Morgan fingerprint density at radius 3 is 2.73 bits per heavy atom. The van der Waals surface area contributed by atoms with Crippen LogP contribution in [0.25, 0.3) is 5.76 Å². The lowest BCUT2D eigenvalue weighted by Gasteiger charge is -2.27. The highest BCUT2D eigenvalue weighted by Gasteiger charge is 2.46. The molecule has 2 heterocycles. The van der Waals surface area contributed by atoms with E-state index in [1.165, 1.54) is 4.90 Å². The van der Waals surface area contributed by atoms with Crippen LogP contribution in [-0.4, -0.2) is 66.5 Å². The highest BCUT2D eigenvalue weighted by atomic mass is 16.5. The molecule has 1 saturated heterocycles. The first kappa shape index (κ1) is 22.9. The summed E-state index contributed by atoms with van der Waals surface area (Å²) in [4.78, 5) is 29.7. The van der Waals surface area contributed by atoms with Crippen molar-refractivity contribution in [2.24, 2.45) is 0 Å². The Morgan fingerprint density at radius 2 is 2.00 bits per heavy atom. The molecule has 2 atom stereocenters. The normalized spacial score (nSPS) is 21.4. The van der Waals surface area contributed by atoms with Crippen LogP contribution in [0.3, 0.4) is 0 Å². The number of nitrogens with zero attached hydrogens (tertiary/aromatic N) is 2. The van der Waals surface area contributed by atoms with Crippen LogP contribution < -0.4 is 9.47 Å². The number of likely N-dealkylation sites (tertiary alicyclic amines) is 1. The lowest BCUT2D eigenvalue weighted by Crippen LogP contribution is -2.35. The zero-order chi connectivity index (χ0) is 23.7. The fourth-order valence-corrected chi connectivity index (χ4v) is 4.43. The molecule has 0 saturated carbocycles. The average molecular weight is 451 g/mol. The fourth-order valence-electron chi connectivity index (χ4n) is 4.43. The molecule has 4 rings (SSSR count). The number of Topliss-reactive ketones (excluding diaryl/α,β-unsaturated/α-hetero) is 1. The number of aliphatic hydroxyl groups excluding tert-OH is 1. The van der Waals surface area contributed by atoms with Crippen LogP contribution >= 0.6 is 0 Å². The van der Waals surface area contributed by atoms with Gasteiger partial charge in [0, 0.05) is 25.1 Å². The Labute approximate surface area is 194 Å². The Hall–Kier alpha value is -3.32. The van der Waals surface area contributed by atoms with E-state index in [1.807, 2.05) is 63.2 Å². The minimum Gasteiger partial charge on any atom is -0.507 e. The number of carbonyl (C=O) groups excluding carboxylic acids is 2. The van der Waals surface area contributed by atoms with Gasteiger partial charge >= 0.3 is 0 Å². The van der Waals surface area contributed by atoms with Crippen LogP contribution in [0, 0.1) is 0 Å². The second-order valence-corrected chi connectivity index (χ2v) is 8.76. The van der Waals surface area contributed by atoms with Gasteiger partial charge in [0.2, 0.25) is 0 Å².